The smallest absolute Gasteiger partial charge is 0.271 e. The van der Waals surface area contributed by atoms with Crippen LogP contribution in [0, 0.1) is 6.92 Å². The molecule has 1 amide bonds. The Labute approximate surface area is 119 Å². The van der Waals surface area contributed by atoms with Gasteiger partial charge in [-0.25, -0.2) is 0 Å². The van der Waals surface area contributed by atoms with Gasteiger partial charge in [0.25, 0.3) is 5.91 Å². The fraction of sp³-hybridized carbons (Fsp3) is 0.500. The third-order valence-corrected chi connectivity index (χ3v) is 3.78. The van der Waals surface area contributed by atoms with Crippen LogP contribution in [-0.2, 0) is 6.42 Å². The van der Waals surface area contributed by atoms with Crippen LogP contribution in [0.5, 0.6) is 0 Å². The van der Waals surface area contributed by atoms with Gasteiger partial charge in [-0.2, -0.15) is 0 Å². The van der Waals surface area contributed by atoms with Gasteiger partial charge in [0, 0.05) is 23.8 Å². The Hall–Kier alpha value is -1.84. The van der Waals surface area contributed by atoms with Crippen molar-refractivity contribution in [1.82, 2.24) is 9.88 Å². The lowest BCUT2D eigenvalue weighted by Gasteiger charge is -2.20. The number of hydrogen-bond donors (Lipinski definition) is 1. The molecule has 108 valence electrons. The second-order valence-corrected chi connectivity index (χ2v) is 5.37. The summed E-state index contributed by atoms with van der Waals surface area (Å²) in [5.41, 5.74) is 2.87. The SMILES string of the molecule is C=CCN(C(=O)c1[nH]c(C)c(C(C)=O)c1CC)C1CC1. The maximum Gasteiger partial charge on any atom is 0.271 e. The van der Waals surface area contributed by atoms with Crippen molar-refractivity contribution in [3.63, 3.8) is 0 Å². The number of nitrogens with one attached hydrogen (secondary N) is 1. The van der Waals surface area contributed by atoms with E-state index in [1.165, 1.54) is 0 Å². The molecule has 0 radical (unpaired) electrons. The van der Waals surface area contributed by atoms with E-state index in [1.807, 2.05) is 18.7 Å². The highest BCUT2D eigenvalue weighted by molar-refractivity contribution is 6.02. The van der Waals surface area contributed by atoms with E-state index in [1.54, 1.807) is 13.0 Å². The maximum absolute atomic E-state index is 12.7. The van der Waals surface area contributed by atoms with E-state index in [-0.39, 0.29) is 11.7 Å². The first-order chi connectivity index (χ1) is 9.51. The number of nitrogens with zero attached hydrogens (tertiary/aromatic N) is 1. The third kappa shape index (κ3) is 2.55. The summed E-state index contributed by atoms with van der Waals surface area (Å²) < 4.78 is 0. The highest BCUT2D eigenvalue weighted by Crippen LogP contribution is 2.30. The van der Waals surface area contributed by atoms with Crippen molar-refractivity contribution in [1.29, 1.82) is 0 Å². The first-order valence-corrected chi connectivity index (χ1v) is 7.15. The molecule has 4 heteroatoms. The number of amides is 1. The monoisotopic (exact) mass is 274 g/mol. The molecule has 0 spiro atoms. The Kier molecular flexibility index (Phi) is 4.12. The van der Waals surface area contributed by atoms with Gasteiger partial charge in [0.2, 0.25) is 0 Å². The van der Waals surface area contributed by atoms with E-state index in [2.05, 4.69) is 11.6 Å². The number of Topliss-reactive ketones (excluding diaryl/α,β-unsaturated/α-hetero) is 1. The first kappa shape index (κ1) is 14.6. The first-order valence-electron chi connectivity index (χ1n) is 7.15. The van der Waals surface area contributed by atoms with E-state index in [0.29, 0.717) is 30.3 Å². The van der Waals surface area contributed by atoms with E-state index in [0.717, 1.165) is 24.1 Å². The van der Waals surface area contributed by atoms with E-state index >= 15 is 0 Å². The Morgan fingerprint density at radius 2 is 2.10 bits per heavy atom. The van der Waals surface area contributed by atoms with Crippen molar-refractivity contribution in [2.24, 2.45) is 0 Å². The zero-order valence-corrected chi connectivity index (χ0v) is 12.5. The summed E-state index contributed by atoms with van der Waals surface area (Å²) >= 11 is 0. The average Bonchev–Trinajstić information content (AvgIpc) is 3.17. The third-order valence-electron chi connectivity index (χ3n) is 3.78. The van der Waals surface area contributed by atoms with Gasteiger partial charge in [0.1, 0.15) is 5.69 Å². The number of H-pyrrole nitrogens is 1. The fourth-order valence-corrected chi connectivity index (χ4v) is 2.76. The number of rotatable bonds is 6. The predicted molar refractivity (Wildman–Crippen MR) is 79.2 cm³/mol. The minimum absolute atomic E-state index is 0.0105. The molecule has 0 bridgehead atoms. The van der Waals surface area contributed by atoms with Gasteiger partial charge in [0.15, 0.2) is 5.78 Å². The van der Waals surface area contributed by atoms with E-state index < -0.39 is 0 Å². The van der Waals surface area contributed by atoms with Gasteiger partial charge in [-0.3, -0.25) is 9.59 Å². The standard InChI is InChI=1S/C16H22N2O2/c1-5-9-18(12-7-8-12)16(20)15-13(6-2)14(11(4)19)10(3)17-15/h5,12,17H,1,6-9H2,2-4H3. The molecule has 0 aromatic carbocycles. The van der Waals surface area contributed by atoms with Crippen molar-refractivity contribution in [3.05, 3.63) is 35.2 Å². The van der Waals surface area contributed by atoms with Crippen LogP contribution in [0.4, 0.5) is 0 Å². The quantitative estimate of drug-likeness (QED) is 0.640. The fourth-order valence-electron chi connectivity index (χ4n) is 2.76. The van der Waals surface area contributed by atoms with Crippen LogP contribution in [0.3, 0.4) is 0 Å². The van der Waals surface area contributed by atoms with Gasteiger partial charge in [-0.15, -0.1) is 6.58 Å². The number of carbonyl (C=O) groups excluding carboxylic acids is 2. The molecule has 4 nitrogen and oxygen atoms in total. The molecular weight excluding hydrogens is 252 g/mol. The number of hydrogen-bond acceptors (Lipinski definition) is 2. The number of aromatic nitrogens is 1. The highest BCUT2D eigenvalue weighted by atomic mass is 16.2. The summed E-state index contributed by atoms with van der Waals surface area (Å²) in [6.07, 6.45) is 4.54. The average molecular weight is 274 g/mol. The summed E-state index contributed by atoms with van der Waals surface area (Å²) in [7, 11) is 0. The molecule has 0 saturated heterocycles. The van der Waals surface area contributed by atoms with Crippen LogP contribution >= 0.6 is 0 Å². The normalized spacial score (nSPS) is 14.2. The van der Waals surface area contributed by atoms with Crippen LogP contribution < -0.4 is 0 Å². The zero-order valence-electron chi connectivity index (χ0n) is 12.5. The molecule has 1 saturated carbocycles. The van der Waals surface area contributed by atoms with Crippen molar-refractivity contribution in [2.75, 3.05) is 6.54 Å². The molecule has 2 rings (SSSR count). The van der Waals surface area contributed by atoms with Gasteiger partial charge >= 0.3 is 0 Å². The molecule has 1 aliphatic rings. The minimum atomic E-state index is -0.0140. The summed E-state index contributed by atoms with van der Waals surface area (Å²) in [5.74, 6) is -0.00353. The topological polar surface area (TPSA) is 53.2 Å². The van der Waals surface area contributed by atoms with Gasteiger partial charge in [-0.05, 0) is 38.7 Å². The summed E-state index contributed by atoms with van der Waals surface area (Å²) in [5, 5.41) is 0. The summed E-state index contributed by atoms with van der Waals surface area (Å²) in [6.45, 7) is 9.65. The lowest BCUT2D eigenvalue weighted by molar-refractivity contribution is 0.0756. The van der Waals surface area contributed by atoms with Crippen molar-refractivity contribution in [2.45, 2.75) is 46.1 Å². The van der Waals surface area contributed by atoms with Crippen LogP contribution in [0.1, 0.15) is 58.8 Å². The molecule has 1 N–H and O–H groups in total. The molecule has 20 heavy (non-hydrogen) atoms. The Balaban J connectivity index is 2.40. The van der Waals surface area contributed by atoms with Gasteiger partial charge < -0.3 is 9.88 Å². The molecule has 0 aliphatic heterocycles. The summed E-state index contributed by atoms with van der Waals surface area (Å²) in [4.78, 5) is 29.5. The summed E-state index contributed by atoms with van der Waals surface area (Å²) in [6, 6.07) is 0.328. The molecule has 0 atom stereocenters. The van der Waals surface area contributed by atoms with Gasteiger partial charge in [0.05, 0.1) is 0 Å². The lowest BCUT2D eigenvalue weighted by atomic mass is 10.0. The van der Waals surface area contributed by atoms with Crippen LogP contribution in [0.15, 0.2) is 12.7 Å². The zero-order chi connectivity index (χ0) is 14.9. The minimum Gasteiger partial charge on any atom is -0.354 e. The Morgan fingerprint density at radius 3 is 2.55 bits per heavy atom. The molecule has 1 aromatic heterocycles. The number of aryl methyl sites for hydroxylation is 1. The number of ketones is 1. The number of aromatic amines is 1. The van der Waals surface area contributed by atoms with Crippen LogP contribution in [0.2, 0.25) is 0 Å². The highest BCUT2D eigenvalue weighted by Gasteiger charge is 2.34. The second kappa shape index (κ2) is 5.65. The predicted octanol–water partition coefficient (Wildman–Crippen LogP) is 2.88. The Morgan fingerprint density at radius 1 is 1.45 bits per heavy atom. The second-order valence-electron chi connectivity index (χ2n) is 5.37. The largest absolute Gasteiger partial charge is 0.354 e. The van der Waals surface area contributed by atoms with Crippen molar-refractivity contribution < 1.29 is 9.59 Å². The molecule has 0 unspecified atom stereocenters. The Bertz CT molecular complexity index is 553. The lowest BCUT2D eigenvalue weighted by Crippen LogP contribution is -2.34. The van der Waals surface area contributed by atoms with Crippen molar-refractivity contribution in [3.8, 4) is 0 Å². The maximum atomic E-state index is 12.7. The molecule has 1 aromatic rings. The molecule has 1 aliphatic carbocycles. The van der Waals surface area contributed by atoms with Crippen LogP contribution in [0.25, 0.3) is 0 Å². The number of carbonyl (C=O) groups is 2. The van der Waals surface area contributed by atoms with E-state index in [4.69, 9.17) is 0 Å². The van der Waals surface area contributed by atoms with Crippen molar-refractivity contribution >= 4 is 11.7 Å². The van der Waals surface area contributed by atoms with E-state index in [9.17, 15) is 9.59 Å². The molecular formula is C16H22N2O2. The van der Waals surface area contributed by atoms with Crippen LogP contribution in [-0.4, -0.2) is 34.2 Å². The molecule has 1 fully saturated rings. The molecule has 1 heterocycles. The van der Waals surface area contributed by atoms with Gasteiger partial charge in [-0.1, -0.05) is 13.0 Å².